The van der Waals surface area contributed by atoms with Crippen LogP contribution in [-0.4, -0.2) is 5.38 Å². The molecule has 0 fully saturated rings. The van der Waals surface area contributed by atoms with Gasteiger partial charge in [0.05, 0.1) is 5.38 Å². The summed E-state index contributed by atoms with van der Waals surface area (Å²) >= 11 is 5.86. The Morgan fingerprint density at radius 1 is 1.40 bits per heavy atom. The highest BCUT2D eigenvalue weighted by Gasteiger charge is 1.91. The third-order valence-electron chi connectivity index (χ3n) is 1.46. The zero-order valence-electron chi connectivity index (χ0n) is 6.94. The molecule has 0 aliphatic heterocycles. The lowest BCUT2D eigenvalue weighted by Crippen LogP contribution is -1.87. The van der Waals surface area contributed by atoms with Crippen molar-refractivity contribution >= 4 is 11.6 Å². The van der Waals surface area contributed by atoms with E-state index in [2.05, 4.69) is 26.0 Å². The van der Waals surface area contributed by atoms with Crippen LogP contribution in [-0.2, 0) is 0 Å². The largest absolute Gasteiger partial charge is 0.118 e. The fourth-order valence-corrected chi connectivity index (χ4v) is 0.805. The minimum Gasteiger partial charge on any atom is -0.118 e. The summed E-state index contributed by atoms with van der Waals surface area (Å²) in [4.78, 5) is 0. The Hall–Kier alpha value is 0.0300. The van der Waals surface area contributed by atoms with Crippen LogP contribution in [0.3, 0.4) is 0 Å². The minimum absolute atomic E-state index is 0.247. The monoisotopic (exact) mass is 160 g/mol. The summed E-state index contributed by atoms with van der Waals surface area (Å²) in [5, 5.41) is 0.247. The average Bonchev–Trinajstić information content (AvgIpc) is 1.98. The van der Waals surface area contributed by atoms with E-state index in [0.717, 1.165) is 6.42 Å². The Bertz CT molecular complexity index is 86.7. The molecule has 0 N–H and O–H groups in total. The van der Waals surface area contributed by atoms with E-state index >= 15 is 0 Å². The highest BCUT2D eigenvalue weighted by Crippen LogP contribution is 2.04. The second kappa shape index (κ2) is 7.14. The molecular weight excluding hydrogens is 144 g/mol. The minimum atomic E-state index is 0.247. The molecule has 0 amide bonds. The van der Waals surface area contributed by atoms with Crippen LogP contribution in [0.4, 0.5) is 0 Å². The average molecular weight is 161 g/mol. The van der Waals surface area contributed by atoms with Crippen molar-refractivity contribution < 1.29 is 0 Å². The Kier molecular flexibility index (Phi) is 7.16. The number of alkyl halides is 1. The summed E-state index contributed by atoms with van der Waals surface area (Å²) in [6.45, 7) is 4.30. The summed E-state index contributed by atoms with van der Waals surface area (Å²) < 4.78 is 0. The number of allylic oxidation sites excluding steroid dienone is 2. The Morgan fingerprint density at radius 3 is 2.60 bits per heavy atom. The van der Waals surface area contributed by atoms with Gasteiger partial charge in [0.15, 0.2) is 0 Å². The zero-order valence-corrected chi connectivity index (χ0v) is 7.69. The van der Waals surface area contributed by atoms with Crippen molar-refractivity contribution in [3.05, 3.63) is 12.2 Å². The lowest BCUT2D eigenvalue weighted by Gasteiger charge is -1.95. The van der Waals surface area contributed by atoms with E-state index < -0.39 is 0 Å². The van der Waals surface area contributed by atoms with Crippen LogP contribution in [0.25, 0.3) is 0 Å². The molecule has 1 unspecified atom stereocenters. The summed E-state index contributed by atoms with van der Waals surface area (Å²) in [7, 11) is 0. The molecule has 0 aromatic carbocycles. The van der Waals surface area contributed by atoms with E-state index in [1.165, 1.54) is 19.3 Å². The van der Waals surface area contributed by atoms with Crippen LogP contribution in [0.5, 0.6) is 0 Å². The smallest absolute Gasteiger partial charge is 0.0513 e. The standard InChI is InChI=1S/C9H17Cl/c1-3-5-6-7-8-9(10)4-2/h7-9H,3-6H2,1-2H3. The normalized spacial score (nSPS) is 14.3. The van der Waals surface area contributed by atoms with Crippen LogP contribution in [0.15, 0.2) is 12.2 Å². The lowest BCUT2D eigenvalue weighted by molar-refractivity contribution is 0.810. The molecule has 60 valence electrons. The Morgan fingerprint density at radius 2 is 2.10 bits per heavy atom. The SMILES string of the molecule is CCCCC=CC(Cl)CC. The van der Waals surface area contributed by atoms with Gasteiger partial charge in [-0.25, -0.2) is 0 Å². The first kappa shape index (κ1) is 10.0. The van der Waals surface area contributed by atoms with Crippen LogP contribution in [0.1, 0.15) is 39.5 Å². The van der Waals surface area contributed by atoms with Gasteiger partial charge in [-0.05, 0) is 12.8 Å². The highest BCUT2D eigenvalue weighted by atomic mass is 35.5. The van der Waals surface area contributed by atoms with Crippen LogP contribution in [0.2, 0.25) is 0 Å². The first-order valence-corrected chi connectivity index (χ1v) is 4.55. The van der Waals surface area contributed by atoms with E-state index in [1.807, 2.05) is 0 Å². The number of rotatable bonds is 5. The van der Waals surface area contributed by atoms with Gasteiger partial charge in [-0.2, -0.15) is 0 Å². The maximum absolute atomic E-state index is 5.86. The highest BCUT2D eigenvalue weighted by molar-refractivity contribution is 6.21. The van der Waals surface area contributed by atoms with Gasteiger partial charge in [-0.15, -0.1) is 11.6 Å². The molecular formula is C9H17Cl. The molecule has 0 saturated heterocycles. The number of unbranched alkanes of at least 4 members (excludes halogenated alkanes) is 2. The molecule has 1 atom stereocenters. The van der Waals surface area contributed by atoms with Crippen molar-refractivity contribution in [3.8, 4) is 0 Å². The van der Waals surface area contributed by atoms with Crippen molar-refractivity contribution in [2.45, 2.75) is 44.9 Å². The molecule has 0 rings (SSSR count). The summed E-state index contributed by atoms with van der Waals surface area (Å²) in [6.07, 6.45) is 9.04. The van der Waals surface area contributed by atoms with Gasteiger partial charge >= 0.3 is 0 Å². The van der Waals surface area contributed by atoms with E-state index in [4.69, 9.17) is 11.6 Å². The topological polar surface area (TPSA) is 0 Å². The van der Waals surface area contributed by atoms with Crippen molar-refractivity contribution in [1.82, 2.24) is 0 Å². The van der Waals surface area contributed by atoms with Crippen molar-refractivity contribution in [2.24, 2.45) is 0 Å². The Labute approximate surface area is 69.3 Å². The molecule has 0 bridgehead atoms. The predicted octanol–water partition coefficient (Wildman–Crippen LogP) is 3.75. The predicted molar refractivity (Wildman–Crippen MR) is 48.6 cm³/mol. The molecule has 0 aliphatic rings. The van der Waals surface area contributed by atoms with Crippen molar-refractivity contribution in [3.63, 3.8) is 0 Å². The molecule has 10 heavy (non-hydrogen) atoms. The third-order valence-corrected chi connectivity index (χ3v) is 1.91. The molecule has 0 radical (unpaired) electrons. The number of hydrogen-bond donors (Lipinski definition) is 0. The molecule has 0 saturated carbocycles. The maximum atomic E-state index is 5.86. The second-order valence-electron chi connectivity index (χ2n) is 2.49. The molecule has 0 nitrogen and oxygen atoms in total. The molecule has 0 aromatic rings. The van der Waals surface area contributed by atoms with Gasteiger partial charge in [0.2, 0.25) is 0 Å². The summed E-state index contributed by atoms with van der Waals surface area (Å²) in [5.74, 6) is 0. The van der Waals surface area contributed by atoms with Crippen LogP contribution in [0, 0.1) is 0 Å². The van der Waals surface area contributed by atoms with Gasteiger partial charge in [-0.3, -0.25) is 0 Å². The van der Waals surface area contributed by atoms with Crippen molar-refractivity contribution in [1.29, 1.82) is 0 Å². The van der Waals surface area contributed by atoms with Crippen LogP contribution >= 0.6 is 11.6 Å². The zero-order chi connectivity index (χ0) is 7.82. The van der Waals surface area contributed by atoms with E-state index in [-0.39, 0.29) is 5.38 Å². The Balaban J connectivity index is 3.18. The van der Waals surface area contributed by atoms with Crippen molar-refractivity contribution in [2.75, 3.05) is 0 Å². The lowest BCUT2D eigenvalue weighted by atomic mass is 10.2. The van der Waals surface area contributed by atoms with E-state index in [9.17, 15) is 0 Å². The molecule has 0 spiro atoms. The molecule has 0 heterocycles. The number of halogens is 1. The first-order chi connectivity index (χ1) is 4.81. The number of hydrogen-bond acceptors (Lipinski definition) is 0. The van der Waals surface area contributed by atoms with Gasteiger partial charge in [0.1, 0.15) is 0 Å². The quantitative estimate of drug-likeness (QED) is 0.327. The second-order valence-corrected chi connectivity index (χ2v) is 3.06. The molecule has 0 aromatic heterocycles. The summed E-state index contributed by atoms with van der Waals surface area (Å²) in [6, 6.07) is 0. The van der Waals surface area contributed by atoms with E-state index in [0.29, 0.717) is 0 Å². The first-order valence-electron chi connectivity index (χ1n) is 4.12. The fraction of sp³-hybridized carbons (Fsp3) is 0.778. The van der Waals surface area contributed by atoms with Gasteiger partial charge in [0.25, 0.3) is 0 Å². The van der Waals surface area contributed by atoms with Gasteiger partial charge < -0.3 is 0 Å². The molecule has 0 aliphatic carbocycles. The van der Waals surface area contributed by atoms with Gasteiger partial charge in [-0.1, -0.05) is 38.8 Å². The van der Waals surface area contributed by atoms with Gasteiger partial charge in [0, 0.05) is 0 Å². The third kappa shape index (κ3) is 6.15. The fourth-order valence-electron chi connectivity index (χ4n) is 0.702. The molecule has 1 heteroatoms. The maximum Gasteiger partial charge on any atom is 0.0513 e. The van der Waals surface area contributed by atoms with E-state index in [1.54, 1.807) is 0 Å². The summed E-state index contributed by atoms with van der Waals surface area (Å²) in [5.41, 5.74) is 0. The van der Waals surface area contributed by atoms with Crippen LogP contribution < -0.4 is 0 Å².